The Kier molecular flexibility index (Phi) is 4.90. The quantitative estimate of drug-likeness (QED) is 0.652. The molecule has 0 aliphatic carbocycles. The molecule has 0 fully saturated rings. The second-order valence-electron chi connectivity index (χ2n) is 4.77. The van der Waals surface area contributed by atoms with E-state index in [0.717, 1.165) is 16.9 Å². The van der Waals surface area contributed by atoms with E-state index in [0.29, 0.717) is 6.54 Å². The van der Waals surface area contributed by atoms with Crippen molar-refractivity contribution in [2.24, 2.45) is 0 Å². The van der Waals surface area contributed by atoms with Crippen molar-refractivity contribution in [3.63, 3.8) is 0 Å². The molecule has 2 aromatic carbocycles. The van der Waals surface area contributed by atoms with Gasteiger partial charge in [0.05, 0.1) is 12.0 Å². The Morgan fingerprint density at radius 2 is 1.86 bits per heavy atom. The highest BCUT2D eigenvalue weighted by atomic mass is 16.6. The number of hydrogen-bond acceptors (Lipinski definition) is 4. The van der Waals surface area contributed by atoms with Crippen LogP contribution in [-0.4, -0.2) is 12.0 Å². The maximum atomic E-state index is 10.6. The zero-order valence-corrected chi connectivity index (χ0v) is 12.1. The summed E-state index contributed by atoms with van der Waals surface area (Å²) < 4.78 is 5.35. The number of para-hydroxylation sites is 1. The van der Waals surface area contributed by atoms with E-state index in [2.05, 4.69) is 12.2 Å². The summed E-state index contributed by atoms with van der Waals surface area (Å²) in [6.45, 7) is 2.69. The predicted octanol–water partition coefficient (Wildman–Crippen LogP) is 3.45. The second-order valence-corrected chi connectivity index (χ2v) is 4.77. The van der Waals surface area contributed by atoms with Crippen LogP contribution in [-0.2, 0) is 6.54 Å². The molecule has 5 nitrogen and oxygen atoms in total. The molecule has 1 unspecified atom stereocenters. The molecule has 0 amide bonds. The van der Waals surface area contributed by atoms with Gasteiger partial charge in [-0.1, -0.05) is 30.3 Å². The summed E-state index contributed by atoms with van der Waals surface area (Å²) in [4.78, 5) is 10.2. The monoisotopic (exact) mass is 286 g/mol. The maximum absolute atomic E-state index is 10.6. The highest BCUT2D eigenvalue weighted by Gasteiger charge is 2.10. The molecule has 0 saturated heterocycles. The van der Waals surface area contributed by atoms with Crippen LogP contribution in [0.3, 0.4) is 0 Å². The van der Waals surface area contributed by atoms with Crippen LogP contribution < -0.4 is 10.1 Å². The Morgan fingerprint density at radius 3 is 2.48 bits per heavy atom. The molecule has 0 radical (unpaired) electrons. The van der Waals surface area contributed by atoms with Gasteiger partial charge in [-0.15, -0.1) is 0 Å². The molecule has 0 aromatic heterocycles. The van der Waals surface area contributed by atoms with Crippen LogP contribution in [0, 0.1) is 10.1 Å². The lowest BCUT2D eigenvalue weighted by Crippen LogP contribution is -2.18. The molecule has 5 heteroatoms. The van der Waals surface area contributed by atoms with Gasteiger partial charge in [0.25, 0.3) is 5.69 Å². The van der Waals surface area contributed by atoms with E-state index in [1.807, 2.05) is 24.3 Å². The Balaban J connectivity index is 2.00. The van der Waals surface area contributed by atoms with Gasteiger partial charge in [-0.05, 0) is 18.6 Å². The summed E-state index contributed by atoms with van der Waals surface area (Å²) in [6, 6.07) is 14.5. The van der Waals surface area contributed by atoms with Crippen LogP contribution in [0.5, 0.6) is 5.75 Å². The molecule has 2 rings (SSSR count). The number of hydrogen-bond donors (Lipinski definition) is 1. The van der Waals surface area contributed by atoms with Crippen molar-refractivity contribution in [3.05, 3.63) is 69.8 Å². The number of rotatable bonds is 6. The van der Waals surface area contributed by atoms with Crippen molar-refractivity contribution < 1.29 is 9.66 Å². The molecule has 0 spiro atoms. The van der Waals surface area contributed by atoms with Crippen LogP contribution in [0.25, 0.3) is 0 Å². The fraction of sp³-hybridized carbons (Fsp3) is 0.250. The topological polar surface area (TPSA) is 64.4 Å². The second kappa shape index (κ2) is 6.85. The van der Waals surface area contributed by atoms with E-state index in [9.17, 15) is 10.1 Å². The normalized spacial score (nSPS) is 11.9. The Morgan fingerprint density at radius 1 is 1.19 bits per heavy atom. The first kappa shape index (κ1) is 15.0. The number of nitro groups is 1. The van der Waals surface area contributed by atoms with Crippen molar-refractivity contribution in [2.45, 2.75) is 19.5 Å². The summed E-state index contributed by atoms with van der Waals surface area (Å²) in [5.41, 5.74) is 2.20. The minimum atomic E-state index is -0.394. The van der Waals surface area contributed by atoms with Gasteiger partial charge in [0.2, 0.25) is 0 Å². The molecule has 0 aliphatic heterocycles. The number of benzene rings is 2. The van der Waals surface area contributed by atoms with Crippen molar-refractivity contribution in [1.29, 1.82) is 0 Å². The molecule has 2 aromatic rings. The SMILES string of the molecule is COc1ccccc1C(C)NCc1ccc([N+](=O)[O-])cc1. The van der Waals surface area contributed by atoms with Crippen molar-refractivity contribution >= 4 is 5.69 Å². The van der Waals surface area contributed by atoms with E-state index >= 15 is 0 Å². The average molecular weight is 286 g/mol. The fourth-order valence-corrected chi connectivity index (χ4v) is 2.14. The van der Waals surface area contributed by atoms with Crippen molar-refractivity contribution in [1.82, 2.24) is 5.32 Å². The van der Waals surface area contributed by atoms with Gasteiger partial charge in [-0.3, -0.25) is 10.1 Å². The summed E-state index contributed by atoms with van der Waals surface area (Å²) in [6.07, 6.45) is 0. The molecule has 0 heterocycles. The van der Waals surface area contributed by atoms with E-state index in [4.69, 9.17) is 4.74 Å². The molecule has 0 saturated carbocycles. The van der Waals surface area contributed by atoms with Crippen LogP contribution in [0.1, 0.15) is 24.1 Å². The van der Waals surface area contributed by atoms with Gasteiger partial charge in [0.1, 0.15) is 5.75 Å². The summed E-state index contributed by atoms with van der Waals surface area (Å²) in [5, 5.41) is 14.0. The lowest BCUT2D eigenvalue weighted by molar-refractivity contribution is -0.384. The zero-order chi connectivity index (χ0) is 15.2. The standard InChI is InChI=1S/C16H18N2O3/c1-12(15-5-3-4-6-16(15)21-2)17-11-13-7-9-14(10-8-13)18(19)20/h3-10,12,17H,11H2,1-2H3. The average Bonchev–Trinajstić information content (AvgIpc) is 2.52. The maximum Gasteiger partial charge on any atom is 0.269 e. The first-order valence-corrected chi connectivity index (χ1v) is 6.71. The summed E-state index contributed by atoms with van der Waals surface area (Å²) in [5.74, 6) is 0.848. The van der Waals surface area contributed by atoms with Crippen molar-refractivity contribution in [3.8, 4) is 5.75 Å². The molecule has 0 aliphatic rings. The fourth-order valence-electron chi connectivity index (χ4n) is 2.14. The number of non-ortho nitro benzene ring substituents is 1. The van der Waals surface area contributed by atoms with Gasteiger partial charge < -0.3 is 10.1 Å². The molecular weight excluding hydrogens is 268 g/mol. The Bertz CT molecular complexity index is 611. The number of nitrogens with one attached hydrogen (secondary N) is 1. The van der Waals surface area contributed by atoms with E-state index in [1.54, 1.807) is 19.2 Å². The zero-order valence-electron chi connectivity index (χ0n) is 12.1. The minimum Gasteiger partial charge on any atom is -0.496 e. The van der Waals surface area contributed by atoms with E-state index in [1.165, 1.54) is 12.1 Å². The molecule has 0 bridgehead atoms. The predicted molar refractivity (Wildman–Crippen MR) is 81.3 cm³/mol. The molecule has 1 N–H and O–H groups in total. The van der Waals surface area contributed by atoms with Gasteiger partial charge in [-0.2, -0.15) is 0 Å². The van der Waals surface area contributed by atoms with Gasteiger partial charge >= 0.3 is 0 Å². The van der Waals surface area contributed by atoms with Gasteiger partial charge in [0, 0.05) is 30.3 Å². The Labute approximate surface area is 123 Å². The van der Waals surface area contributed by atoms with Crippen LogP contribution >= 0.6 is 0 Å². The van der Waals surface area contributed by atoms with Crippen LogP contribution in [0.4, 0.5) is 5.69 Å². The largest absolute Gasteiger partial charge is 0.496 e. The summed E-state index contributed by atoms with van der Waals surface area (Å²) in [7, 11) is 1.65. The summed E-state index contributed by atoms with van der Waals surface area (Å²) >= 11 is 0. The lowest BCUT2D eigenvalue weighted by atomic mass is 10.1. The van der Waals surface area contributed by atoms with E-state index < -0.39 is 4.92 Å². The van der Waals surface area contributed by atoms with Crippen LogP contribution in [0.2, 0.25) is 0 Å². The number of nitro benzene ring substituents is 1. The third-order valence-corrected chi connectivity index (χ3v) is 3.36. The molecule has 1 atom stereocenters. The smallest absolute Gasteiger partial charge is 0.269 e. The van der Waals surface area contributed by atoms with Crippen molar-refractivity contribution in [2.75, 3.05) is 7.11 Å². The third kappa shape index (κ3) is 3.79. The minimum absolute atomic E-state index is 0.108. The van der Waals surface area contributed by atoms with Gasteiger partial charge in [-0.25, -0.2) is 0 Å². The van der Waals surface area contributed by atoms with E-state index in [-0.39, 0.29) is 11.7 Å². The molecular formula is C16H18N2O3. The van der Waals surface area contributed by atoms with Crippen LogP contribution in [0.15, 0.2) is 48.5 Å². The number of ether oxygens (including phenoxy) is 1. The Hall–Kier alpha value is -2.40. The highest BCUT2D eigenvalue weighted by Crippen LogP contribution is 2.24. The molecule has 21 heavy (non-hydrogen) atoms. The van der Waals surface area contributed by atoms with Gasteiger partial charge in [0.15, 0.2) is 0 Å². The third-order valence-electron chi connectivity index (χ3n) is 3.36. The first-order valence-electron chi connectivity index (χ1n) is 6.71. The number of nitrogens with zero attached hydrogens (tertiary/aromatic N) is 1. The number of methoxy groups -OCH3 is 1. The lowest BCUT2D eigenvalue weighted by Gasteiger charge is -2.17. The molecule has 110 valence electrons. The first-order chi connectivity index (χ1) is 10.1. The highest BCUT2D eigenvalue weighted by molar-refractivity contribution is 5.36.